The molecule has 0 amide bonds. The third-order valence-electron chi connectivity index (χ3n) is 3.41. The van der Waals surface area contributed by atoms with E-state index >= 15 is 0 Å². The van der Waals surface area contributed by atoms with Gasteiger partial charge in [0.25, 0.3) is 5.69 Å². The first kappa shape index (κ1) is 13.9. The molecule has 1 aliphatic heterocycles. The third-order valence-corrected chi connectivity index (χ3v) is 3.41. The van der Waals surface area contributed by atoms with E-state index in [1.165, 1.54) is 18.2 Å². The molecule has 1 fully saturated rings. The van der Waals surface area contributed by atoms with E-state index in [0.717, 1.165) is 19.4 Å². The zero-order chi connectivity index (χ0) is 13.8. The van der Waals surface area contributed by atoms with Crippen LogP contribution < -0.4 is 5.32 Å². The van der Waals surface area contributed by atoms with Gasteiger partial charge < -0.3 is 10.1 Å². The second kappa shape index (κ2) is 6.08. The first-order valence-electron chi connectivity index (χ1n) is 6.36. The van der Waals surface area contributed by atoms with Crippen molar-refractivity contribution in [3.63, 3.8) is 0 Å². The zero-order valence-electron chi connectivity index (χ0n) is 10.8. The van der Waals surface area contributed by atoms with Crippen LogP contribution >= 0.6 is 0 Å². The van der Waals surface area contributed by atoms with Crippen molar-refractivity contribution in [3.8, 4) is 0 Å². The molecule has 1 heterocycles. The van der Waals surface area contributed by atoms with Crippen LogP contribution in [0, 0.1) is 15.9 Å². The second-order valence-electron chi connectivity index (χ2n) is 4.72. The Balaban J connectivity index is 2.04. The molecule has 0 aromatic heterocycles. The average Bonchev–Trinajstić information content (AvgIpc) is 2.90. The van der Waals surface area contributed by atoms with Gasteiger partial charge in [-0.05, 0) is 25.8 Å². The summed E-state index contributed by atoms with van der Waals surface area (Å²) in [7, 11) is 0. The van der Waals surface area contributed by atoms with Gasteiger partial charge in [-0.1, -0.05) is 6.07 Å². The van der Waals surface area contributed by atoms with Gasteiger partial charge in [-0.25, -0.2) is 4.39 Å². The number of nitrogens with one attached hydrogen (secondary N) is 1. The Morgan fingerprint density at radius 3 is 3.05 bits per heavy atom. The van der Waals surface area contributed by atoms with Crippen LogP contribution in [0.2, 0.25) is 0 Å². The van der Waals surface area contributed by atoms with Crippen LogP contribution in [0.1, 0.15) is 25.3 Å². The normalized spacial score (nSPS) is 20.4. The SMILES string of the molecule is CC(NCc1c(F)cccc1[N+](=O)[O-])C1CCCO1. The van der Waals surface area contributed by atoms with Crippen LogP contribution in [0.5, 0.6) is 0 Å². The summed E-state index contributed by atoms with van der Waals surface area (Å²) in [5.41, 5.74) is -0.0932. The lowest BCUT2D eigenvalue weighted by molar-refractivity contribution is -0.385. The van der Waals surface area contributed by atoms with Crippen LogP contribution in [-0.4, -0.2) is 23.7 Å². The Bertz CT molecular complexity index is 461. The van der Waals surface area contributed by atoms with Crippen molar-refractivity contribution >= 4 is 5.69 Å². The lowest BCUT2D eigenvalue weighted by Gasteiger charge is -2.20. The molecule has 19 heavy (non-hydrogen) atoms. The predicted molar refractivity (Wildman–Crippen MR) is 68.3 cm³/mol. The van der Waals surface area contributed by atoms with Gasteiger partial charge in [-0.15, -0.1) is 0 Å². The number of hydrogen-bond acceptors (Lipinski definition) is 4. The van der Waals surface area contributed by atoms with Gasteiger partial charge in [0.15, 0.2) is 0 Å². The second-order valence-corrected chi connectivity index (χ2v) is 4.72. The zero-order valence-corrected chi connectivity index (χ0v) is 10.8. The average molecular weight is 268 g/mol. The summed E-state index contributed by atoms with van der Waals surface area (Å²) in [6.45, 7) is 2.82. The van der Waals surface area contributed by atoms with Gasteiger partial charge in [0, 0.05) is 25.3 Å². The highest BCUT2D eigenvalue weighted by atomic mass is 19.1. The van der Waals surface area contributed by atoms with E-state index in [0.29, 0.717) is 0 Å². The van der Waals surface area contributed by atoms with Crippen molar-refractivity contribution in [1.82, 2.24) is 5.32 Å². The van der Waals surface area contributed by atoms with Crippen molar-refractivity contribution in [2.75, 3.05) is 6.61 Å². The van der Waals surface area contributed by atoms with Crippen LogP contribution in [-0.2, 0) is 11.3 Å². The van der Waals surface area contributed by atoms with Gasteiger partial charge in [0.1, 0.15) is 5.82 Å². The van der Waals surface area contributed by atoms with Crippen LogP contribution in [0.15, 0.2) is 18.2 Å². The van der Waals surface area contributed by atoms with E-state index in [4.69, 9.17) is 4.74 Å². The number of nitro groups is 1. The lowest BCUT2D eigenvalue weighted by atomic mass is 10.1. The molecule has 104 valence electrons. The number of benzene rings is 1. The minimum absolute atomic E-state index is 0.0433. The van der Waals surface area contributed by atoms with E-state index in [9.17, 15) is 14.5 Å². The van der Waals surface area contributed by atoms with Gasteiger partial charge in [0.2, 0.25) is 0 Å². The van der Waals surface area contributed by atoms with E-state index in [1.54, 1.807) is 0 Å². The summed E-state index contributed by atoms with van der Waals surface area (Å²) in [6.07, 6.45) is 2.09. The van der Waals surface area contributed by atoms with Gasteiger partial charge in [-0.2, -0.15) is 0 Å². The molecule has 0 aliphatic carbocycles. The van der Waals surface area contributed by atoms with E-state index in [2.05, 4.69) is 5.32 Å². The number of halogens is 1. The number of rotatable bonds is 5. The van der Waals surface area contributed by atoms with E-state index in [1.807, 2.05) is 6.92 Å². The third kappa shape index (κ3) is 3.27. The van der Waals surface area contributed by atoms with Crippen molar-refractivity contribution in [3.05, 3.63) is 39.7 Å². The Morgan fingerprint density at radius 1 is 1.63 bits per heavy atom. The van der Waals surface area contributed by atoms with Crippen LogP contribution in [0.4, 0.5) is 10.1 Å². The fourth-order valence-electron chi connectivity index (χ4n) is 2.28. The molecular formula is C13H17FN2O3. The maximum absolute atomic E-state index is 13.7. The number of ether oxygens (including phenoxy) is 1. The molecule has 1 saturated heterocycles. The highest BCUT2D eigenvalue weighted by molar-refractivity contribution is 5.40. The highest BCUT2D eigenvalue weighted by Crippen LogP contribution is 2.22. The van der Waals surface area contributed by atoms with Crippen molar-refractivity contribution in [1.29, 1.82) is 0 Å². The quantitative estimate of drug-likeness (QED) is 0.658. The molecule has 2 unspecified atom stereocenters. The first-order valence-corrected chi connectivity index (χ1v) is 6.36. The standard InChI is InChI=1S/C13H17FN2O3/c1-9(13-6-3-7-19-13)15-8-10-11(14)4-2-5-12(10)16(17)18/h2,4-5,9,13,15H,3,6-8H2,1H3. The lowest BCUT2D eigenvalue weighted by Crippen LogP contribution is -2.36. The number of hydrogen-bond donors (Lipinski definition) is 1. The predicted octanol–water partition coefficient (Wildman–Crippen LogP) is 2.39. The Kier molecular flexibility index (Phi) is 4.44. The van der Waals surface area contributed by atoms with Crippen molar-refractivity contribution in [2.24, 2.45) is 0 Å². The Hall–Kier alpha value is -1.53. The first-order chi connectivity index (χ1) is 9.09. The number of nitrogens with zero attached hydrogens (tertiary/aromatic N) is 1. The molecule has 0 spiro atoms. The topological polar surface area (TPSA) is 64.4 Å². The molecule has 1 aliphatic rings. The molecule has 5 nitrogen and oxygen atoms in total. The molecule has 1 aromatic carbocycles. The minimum Gasteiger partial charge on any atom is -0.377 e. The van der Waals surface area contributed by atoms with E-state index < -0.39 is 10.7 Å². The molecule has 6 heteroatoms. The summed E-state index contributed by atoms with van der Waals surface area (Å²) in [5, 5.41) is 14.0. The molecule has 2 rings (SSSR count). The molecule has 0 radical (unpaired) electrons. The van der Waals surface area contributed by atoms with Crippen LogP contribution in [0.3, 0.4) is 0 Å². The summed E-state index contributed by atoms with van der Waals surface area (Å²) in [4.78, 5) is 10.3. The maximum atomic E-state index is 13.7. The summed E-state index contributed by atoms with van der Waals surface area (Å²) in [5.74, 6) is -0.554. The maximum Gasteiger partial charge on any atom is 0.276 e. The van der Waals surface area contributed by atoms with Gasteiger partial charge >= 0.3 is 0 Å². The minimum atomic E-state index is -0.559. The van der Waals surface area contributed by atoms with Crippen molar-refractivity contribution in [2.45, 2.75) is 38.5 Å². The number of nitro benzene ring substituents is 1. The van der Waals surface area contributed by atoms with Gasteiger partial charge in [0.05, 0.1) is 16.6 Å². The molecule has 1 aromatic rings. The van der Waals surface area contributed by atoms with E-state index in [-0.39, 0.29) is 29.9 Å². The highest BCUT2D eigenvalue weighted by Gasteiger charge is 2.24. The molecule has 0 saturated carbocycles. The summed E-state index contributed by atoms with van der Waals surface area (Å²) >= 11 is 0. The van der Waals surface area contributed by atoms with Crippen molar-refractivity contribution < 1.29 is 14.1 Å². The fraction of sp³-hybridized carbons (Fsp3) is 0.538. The largest absolute Gasteiger partial charge is 0.377 e. The molecule has 1 N–H and O–H groups in total. The Labute approximate surface area is 110 Å². The Morgan fingerprint density at radius 2 is 2.42 bits per heavy atom. The molecule has 0 bridgehead atoms. The fourth-order valence-corrected chi connectivity index (χ4v) is 2.28. The monoisotopic (exact) mass is 268 g/mol. The van der Waals surface area contributed by atoms with Crippen LogP contribution in [0.25, 0.3) is 0 Å². The molecular weight excluding hydrogens is 251 g/mol. The molecule has 2 atom stereocenters. The van der Waals surface area contributed by atoms with Gasteiger partial charge in [-0.3, -0.25) is 10.1 Å². The summed E-state index contributed by atoms with van der Waals surface area (Å²) in [6, 6.07) is 3.94. The summed E-state index contributed by atoms with van der Waals surface area (Å²) < 4.78 is 19.2. The smallest absolute Gasteiger partial charge is 0.276 e.